The molecule has 0 radical (unpaired) electrons. The minimum atomic E-state index is -4.41. The lowest BCUT2D eigenvalue weighted by Crippen LogP contribution is -2.50. The average Bonchev–Trinajstić information content (AvgIpc) is 3.37. The molecule has 1 unspecified atom stereocenters. The molecule has 2 heterocycles. The second-order valence-corrected chi connectivity index (χ2v) is 11.8. The van der Waals surface area contributed by atoms with Crippen LogP contribution in [-0.2, 0) is 25.7 Å². The number of piperazine rings is 1. The highest BCUT2D eigenvalue weighted by atomic mass is 32.2. The van der Waals surface area contributed by atoms with Crippen LogP contribution in [0.3, 0.4) is 0 Å². The van der Waals surface area contributed by atoms with Crippen LogP contribution in [-0.4, -0.2) is 82.6 Å². The van der Waals surface area contributed by atoms with E-state index >= 15 is 0 Å². The predicted molar refractivity (Wildman–Crippen MR) is 140 cm³/mol. The van der Waals surface area contributed by atoms with Gasteiger partial charge in [-0.1, -0.05) is 6.07 Å². The molecule has 1 amide bonds. The summed E-state index contributed by atoms with van der Waals surface area (Å²) in [4.78, 5) is 16.5. The quantitative estimate of drug-likeness (QED) is 0.481. The number of carbonyl (C=O) groups excluding carboxylic acids is 1. The number of methoxy groups -OCH3 is 1. The Bertz CT molecular complexity index is 1270. The number of nitrogens with zero attached hydrogens (tertiary/aromatic N) is 3. The van der Waals surface area contributed by atoms with Crippen molar-refractivity contribution in [2.45, 2.75) is 43.8 Å². The molecule has 2 aliphatic rings. The molecule has 214 valence electrons. The van der Waals surface area contributed by atoms with Crippen molar-refractivity contribution in [1.29, 1.82) is 0 Å². The molecular weight excluding hydrogens is 535 g/mol. The summed E-state index contributed by atoms with van der Waals surface area (Å²) in [6, 6.07) is 8.20. The molecule has 2 aliphatic heterocycles. The second-order valence-electron chi connectivity index (χ2n) is 9.93. The van der Waals surface area contributed by atoms with E-state index in [0.717, 1.165) is 12.1 Å². The fourth-order valence-electron chi connectivity index (χ4n) is 5.31. The fraction of sp³-hybridized carbons (Fsp3) is 0.519. The summed E-state index contributed by atoms with van der Waals surface area (Å²) in [5, 5.41) is 0. The topological polar surface area (TPSA) is 79.4 Å². The highest BCUT2D eigenvalue weighted by Gasteiger charge is 2.37. The zero-order valence-electron chi connectivity index (χ0n) is 22.3. The number of hydrogen-bond acceptors (Lipinski definition) is 6. The lowest BCUT2D eigenvalue weighted by atomic mass is 10.1. The van der Waals surface area contributed by atoms with Crippen LogP contribution in [0.15, 0.2) is 41.3 Å². The first-order valence-electron chi connectivity index (χ1n) is 12.9. The SMILES string of the molecule is COc1cc(C)c(S(=O)(=O)N2CCCC2COCC(=O)N2CCN(c3cccc(C(F)(F)F)c3)CC2)c(C)c1. The molecule has 0 aromatic heterocycles. The molecule has 0 N–H and O–H groups in total. The Labute approximate surface area is 227 Å². The van der Waals surface area contributed by atoms with Crippen molar-refractivity contribution < 1.29 is 35.9 Å². The van der Waals surface area contributed by atoms with Crippen molar-refractivity contribution in [3.8, 4) is 5.75 Å². The number of rotatable bonds is 8. The van der Waals surface area contributed by atoms with E-state index in [2.05, 4.69) is 0 Å². The van der Waals surface area contributed by atoms with Gasteiger partial charge in [0.25, 0.3) is 0 Å². The van der Waals surface area contributed by atoms with Gasteiger partial charge < -0.3 is 19.3 Å². The number of hydrogen-bond donors (Lipinski definition) is 0. The molecule has 0 spiro atoms. The third kappa shape index (κ3) is 6.50. The van der Waals surface area contributed by atoms with E-state index < -0.39 is 21.8 Å². The third-order valence-corrected chi connectivity index (χ3v) is 9.52. The second kappa shape index (κ2) is 11.7. The Morgan fingerprint density at radius 2 is 1.69 bits per heavy atom. The van der Waals surface area contributed by atoms with E-state index in [0.29, 0.717) is 68.1 Å². The molecule has 39 heavy (non-hydrogen) atoms. The molecule has 8 nitrogen and oxygen atoms in total. The molecule has 0 bridgehead atoms. The van der Waals surface area contributed by atoms with Crippen LogP contribution in [0.2, 0.25) is 0 Å². The molecule has 1 atom stereocenters. The van der Waals surface area contributed by atoms with E-state index in [1.165, 1.54) is 17.5 Å². The number of halogens is 3. The molecule has 2 aromatic rings. The van der Waals surface area contributed by atoms with Gasteiger partial charge in [-0.05, 0) is 68.1 Å². The lowest BCUT2D eigenvalue weighted by Gasteiger charge is -2.36. The van der Waals surface area contributed by atoms with Crippen LogP contribution in [0.1, 0.15) is 29.5 Å². The van der Waals surface area contributed by atoms with E-state index in [1.807, 2.05) is 4.90 Å². The number of carbonyl (C=O) groups is 1. The van der Waals surface area contributed by atoms with Gasteiger partial charge >= 0.3 is 6.18 Å². The number of ether oxygens (including phenoxy) is 2. The molecule has 2 saturated heterocycles. The Balaban J connectivity index is 1.30. The molecular formula is C27H34F3N3O5S. The van der Waals surface area contributed by atoms with Crippen molar-refractivity contribution in [3.05, 3.63) is 53.1 Å². The highest BCUT2D eigenvalue weighted by Crippen LogP contribution is 2.33. The lowest BCUT2D eigenvalue weighted by molar-refractivity contribution is -0.137. The van der Waals surface area contributed by atoms with Gasteiger partial charge in [0.2, 0.25) is 15.9 Å². The smallest absolute Gasteiger partial charge is 0.416 e. The zero-order valence-corrected chi connectivity index (χ0v) is 23.1. The Kier molecular flexibility index (Phi) is 8.77. The Morgan fingerprint density at radius 1 is 1.03 bits per heavy atom. The fourth-order valence-corrected chi connectivity index (χ4v) is 7.41. The number of anilines is 1. The first-order valence-corrected chi connectivity index (χ1v) is 14.3. The molecule has 2 aromatic carbocycles. The summed E-state index contributed by atoms with van der Waals surface area (Å²) in [7, 11) is -2.23. The number of alkyl halides is 3. The summed E-state index contributed by atoms with van der Waals surface area (Å²) >= 11 is 0. The van der Waals surface area contributed by atoms with Crippen molar-refractivity contribution in [3.63, 3.8) is 0 Å². The normalized spacial score (nSPS) is 19.0. The molecule has 2 fully saturated rings. The minimum Gasteiger partial charge on any atom is -0.497 e. The van der Waals surface area contributed by atoms with Gasteiger partial charge in [0.1, 0.15) is 12.4 Å². The summed E-state index contributed by atoms with van der Waals surface area (Å²) in [6.07, 6.45) is -3.07. The van der Waals surface area contributed by atoms with Gasteiger partial charge in [0.15, 0.2) is 0 Å². The van der Waals surface area contributed by atoms with Crippen molar-refractivity contribution in [1.82, 2.24) is 9.21 Å². The van der Waals surface area contributed by atoms with E-state index in [-0.39, 0.29) is 30.1 Å². The van der Waals surface area contributed by atoms with Gasteiger partial charge in [0.05, 0.1) is 24.2 Å². The van der Waals surface area contributed by atoms with Crippen molar-refractivity contribution in [2.75, 3.05) is 57.9 Å². The largest absolute Gasteiger partial charge is 0.497 e. The first-order chi connectivity index (χ1) is 18.4. The van der Waals surface area contributed by atoms with Gasteiger partial charge in [-0.2, -0.15) is 17.5 Å². The maximum atomic E-state index is 13.5. The summed E-state index contributed by atoms with van der Waals surface area (Å²) in [5.41, 5.74) is 0.987. The number of aryl methyl sites for hydroxylation is 2. The van der Waals surface area contributed by atoms with Crippen LogP contribution in [0.25, 0.3) is 0 Å². The molecule has 4 rings (SSSR count). The van der Waals surface area contributed by atoms with Crippen LogP contribution in [0.4, 0.5) is 18.9 Å². The van der Waals surface area contributed by atoms with Crippen LogP contribution >= 0.6 is 0 Å². The van der Waals surface area contributed by atoms with Gasteiger partial charge in [-0.3, -0.25) is 4.79 Å². The summed E-state index contributed by atoms with van der Waals surface area (Å²) in [5.74, 6) is 0.368. The number of amides is 1. The van der Waals surface area contributed by atoms with Gasteiger partial charge in [0, 0.05) is 44.5 Å². The maximum absolute atomic E-state index is 13.5. The Morgan fingerprint density at radius 3 is 2.31 bits per heavy atom. The number of sulfonamides is 1. The third-order valence-electron chi connectivity index (χ3n) is 7.27. The maximum Gasteiger partial charge on any atom is 0.416 e. The van der Waals surface area contributed by atoms with Crippen molar-refractivity contribution in [2.24, 2.45) is 0 Å². The summed E-state index contributed by atoms with van der Waals surface area (Å²) in [6.45, 7) is 5.32. The van der Waals surface area contributed by atoms with Gasteiger partial charge in [-0.25, -0.2) is 8.42 Å². The summed E-state index contributed by atoms with van der Waals surface area (Å²) < 4.78 is 78.6. The average molecular weight is 570 g/mol. The van der Waals surface area contributed by atoms with Crippen LogP contribution in [0, 0.1) is 13.8 Å². The minimum absolute atomic E-state index is 0.101. The van der Waals surface area contributed by atoms with Crippen molar-refractivity contribution >= 4 is 21.6 Å². The van der Waals surface area contributed by atoms with E-state index in [9.17, 15) is 26.4 Å². The molecule has 0 aliphatic carbocycles. The molecule has 0 saturated carbocycles. The van der Waals surface area contributed by atoms with E-state index in [4.69, 9.17) is 9.47 Å². The zero-order chi connectivity index (χ0) is 28.4. The van der Waals surface area contributed by atoms with Gasteiger partial charge in [-0.15, -0.1) is 0 Å². The predicted octanol–water partition coefficient (Wildman–Crippen LogP) is 3.85. The van der Waals surface area contributed by atoms with Crippen LogP contribution in [0.5, 0.6) is 5.75 Å². The molecule has 12 heteroatoms. The Hall–Kier alpha value is -2.83. The highest BCUT2D eigenvalue weighted by molar-refractivity contribution is 7.89. The first kappa shape index (κ1) is 29.2. The standard InChI is InChI=1S/C27H34F3N3O5S/c1-19-14-24(37-3)15-20(2)26(19)39(35,36)33-9-5-8-23(33)17-38-18-25(34)32-12-10-31(11-13-32)22-7-4-6-21(16-22)27(28,29)30/h4,6-7,14-16,23H,5,8-13,17-18H2,1-3H3. The monoisotopic (exact) mass is 569 g/mol. The van der Waals surface area contributed by atoms with E-state index in [1.54, 1.807) is 36.9 Å². The van der Waals surface area contributed by atoms with Crippen LogP contribution < -0.4 is 9.64 Å². The number of benzene rings is 2.